The zero-order valence-corrected chi connectivity index (χ0v) is 15.0. The lowest BCUT2D eigenvalue weighted by molar-refractivity contribution is -0.274. The maximum absolute atomic E-state index is 12.3. The first kappa shape index (κ1) is 19.4. The Kier molecular flexibility index (Phi) is 4.62. The van der Waals surface area contributed by atoms with Crippen LogP contribution in [0.15, 0.2) is 46.1 Å². The van der Waals surface area contributed by atoms with Gasteiger partial charge >= 0.3 is 12.1 Å². The molecule has 2 atom stereocenters. The standard InChI is InChI=1S/C19H12F3N5O3/c20-19(21,22)30-10-3-1-9(2-4-10)11-5-12(11)13-6-15(26-27-16(13)7-23)14-8-24-18(29)25-17(14)28/h1-4,6,8,11-12H,5H2,(H2,24,25,28,29)/t11-,12+/m1/s1. The summed E-state index contributed by atoms with van der Waals surface area (Å²) >= 11 is 0. The third-order valence-corrected chi connectivity index (χ3v) is 4.76. The highest BCUT2D eigenvalue weighted by Crippen LogP contribution is 2.55. The fourth-order valence-electron chi connectivity index (χ4n) is 3.33. The van der Waals surface area contributed by atoms with Crippen molar-refractivity contribution in [1.82, 2.24) is 20.2 Å². The lowest BCUT2D eigenvalue weighted by Crippen LogP contribution is -2.23. The molecule has 1 aliphatic carbocycles. The number of hydrogen-bond acceptors (Lipinski definition) is 6. The van der Waals surface area contributed by atoms with Crippen molar-refractivity contribution in [3.05, 3.63) is 74.2 Å². The van der Waals surface area contributed by atoms with E-state index in [1.807, 2.05) is 6.07 Å². The van der Waals surface area contributed by atoms with Crippen LogP contribution in [0.3, 0.4) is 0 Å². The van der Waals surface area contributed by atoms with Crippen molar-refractivity contribution in [3.63, 3.8) is 0 Å². The fraction of sp³-hybridized carbons (Fsp3) is 0.211. The number of nitrogens with zero attached hydrogens (tertiary/aromatic N) is 3. The number of hydrogen-bond donors (Lipinski definition) is 2. The molecule has 11 heteroatoms. The Morgan fingerprint density at radius 1 is 1.13 bits per heavy atom. The minimum atomic E-state index is -4.76. The van der Waals surface area contributed by atoms with Crippen LogP contribution in [-0.4, -0.2) is 26.5 Å². The topological polar surface area (TPSA) is 125 Å². The fourth-order valence-corrected chi connectivity index (χ4v) is 3.33. The van der Waals surface area contributed by atoms with Gasteiger partial charge in [-0.25, -0.2) is 4.79 Å². The quantitative estimate of drug-likeness (QED) is 0.675. The van der Waals surface area contributed by atoms with Crippen molar-refractivity contribution >= 4 is 0 Å². The van der Waals surface area contributed by atoms with Gasteiger partial charge in [0.2, 0.25) is 0 Å². The summed E-state index contributed by atoms with van der Waals surface area (Å²) in [7, 11) is 0. The number of halogens is 3. The summed E-state index contributed by atoms with van der Waals surface area (Å²) in [6, 6.07) is 9.09. The van der Waals surface area contributed by atoms with Crippen LogP contribution in [0.4, 0.5) is 13.2 Å². The van der Waals surface area contributed by atoms with Gasteiger partial charge < -0.3 is 9.72 Å². The van der Waals surface area contributed by atoms with Crippen LogP contribution in [0, 0.1) is 11.3 Å². The molecule has 30 heavy (non-hydrogen) atoms. The SMILES string of the molecule is N#Cc1nnc(-c2c[nH]c(=O)[nH]c2=O)cc1[C@H]1C[C@@H]1c1ccc(OC(F)(F)F)cc1. The normalized spacial score (nSPS) is 17.9. The molecule has 3 aromatic rings. The molecule has 1 aromatic carbocycles. The highest BCUT2D eigenvalue weighted by Gasteiger charge is 2.41. The number of aromatic amines is 2. The lowest BCUT2D eigenvalue weighted by atomic mass is 10.0. The van der Waals surface area contributed by atoms with Crippen LogP contribution in [0.1, 0.15) is 35.1 Å². The minimum absolute atomic E-state index is 0.0250. The van der Waals surface area contributed by atoms with Crippen LogP contribution >= 0.6 is 0 Å². The van der Waals surface area contributed by atoms with Crippen LogP contribution in [-0.2, 0) is 0 Å². The smallest absolute Gasteiger partial charge is 0.406 e. The monoisotopic (exact) mass is 415 g/mol. The second-order valence-corrected chi connectivity index (χ2v) is 6.70. The van der Waals surface area contributed by atoms with E-state index in [1.54, 1.807) is 18.2 Å². The van der Waals surface area contributed by atoms with E-state index in [0.29, 0.717) is 12.0 Å². The average Bonchev–Trinajstić information content (AvgIpc) is 3.47. The first-order valence-electron chi connectivity index (χ1n) is 8.71. The van der Waals surface area contributed by atoms with Gasteiger partial charge in [0.15, 0.2) is 5.69 Å². The van der Waals surface area contributed by atoms with Gasteiger partial charge in [-0.15, -0.1) is 23.4 Å². The summed E-state index contributed by atoms with van der Waals surface area (Å²) in [6.07, 6.45) is -2.89. The van der Waals surface area contributed by atoms with Crippen LogP contribution in [0.5, 0.6) is 5.75 Å². The van der Waals surface area contributed by atoms with E-state index < -0.39 is 17.6 Å². The van der Waals surface area contributed by atoms with Crippen LogP contribution < -0.4 is 16.0 Å². The third-order valence-electron chi connectivity index (χ3n) is 4.76. The molecule has 4 rings (SSSR count). The summed E-state index contributed by atoms with van der Waals surface area (Å²) in [5.41, 5.74) is 0.457. The Labute approximate surface area is 166 Å². The molecule has 0 unspecified atom stereocenters. The molecule has 1 saturated carbocycles. The Bertz CT molecular complexity index is 1260. The first-order valence-corrected chi connectivity index (χ1v) is 8.71. The molecule has 8 nitrogen and oxygen atoms in total. The molecule has 1 aliphatic rings. The average molecular weight is 415 g/mol. The number of nitrogens with one attached hydrogen (secondary N) is 2. The molecule has 0 aliphatic heterocycles. The molecule has 0 bridgehead atoms. The maximum atomic E-state index is 12.3. The van der Waals surface area contributed by atoms with Crippen molar-refractivity contribution in [2.24, 2.45) is 0 Å². The number of rotatable bonds is 4. The van der Waals surface area contributed by atoms with Gasteiger partial charge in [0, 0.05) is 6.20 Å². The highest BCUT2D eigenvalue weighted by molar-refractivity contribution is 5.59. The lowest BCUT2D eigenvalue weighted by Gasteiger charge is -2.09. The van der Waals surface area contributed by atoms with E-state index in [1.165, 1.54) is 18.3 Å². The van der Waals surface area contributed by atoms with Gasteiger partial charge in [0.25, 0.3) is 5.56 Å². The summed E-state index contributed by atoms with van der Waals surface area (Å²) in [5.74, 6) is -0.445. The van der Waals surface area contributed by atoms with Crippen molar-refractivity contribution in [1.29, 1.82) is 5.26 Å². The molecule has 2 heterocycles. The highest BCUT2D eigenvalue weighted by atomic mass is 19.4. The first-order chi connectivity index (χ1) is 14.2. The van der Waals surface area contributed by atoms with Gasteiger partial charge in [-0.2, -0.15) is 5.26 Å². The zero-order valence-electron chi connectivity index (χ0n) is 15.0. The second-order valence-electron chi connectivity index (χ2n) is 6.70. The van der Waals surface area contributed by atoms with Gasteiger partial charge in [-0.05, 0) is 47.6 Å². The predicted molar refractivity (Wildman–Crippen MR) is 96.6 cm³/mol. The van der Waals surface area contributed by atoms with Crippen molar-refractivity contribution < 1.29 is 17.9 Å². The molecular formula is C19H12F3N5O3. The zero-order chi connectivity index (χ0) is 21.5. The second kappa shape index (κ2) is 7.14. The van der Waals surface area contributed by atoms with E-state index in [0.717, 1.165) is 5.56 Å². The Morgan fingerprint density at radius 2 is 1.87 bits per heavy atom. The Balaban J connectivity index is 1.61. The van der Waals surface area contributed by atoms with Gasteiger partial charge in [-0.1, -0.05) is 12.1 Å². The number of ether oxygens (including phenoxy) is 1. The van der Waals surface area contributed by atoms with E-state index >= 15 is 0 Å². The Morgan fingerprint density at radius 3 is 2.50 bits per heavy atom. The molecular weight excluding hydrogens is 403 g/mol. The molecule has 1 fully saturated rings. The van der Waals surface area contributed by atoms with Gasteiger partial charge in [0.1, 0.15) is 17.5 Å². The molecule has 0 amide bonds. The van der Waals surface area contributed by atoms with E-state index in [4.69, 9.17) is 0 Å². The summed E-state index contributed by atoms with van der Waals surface area (Å²) < 4.78 is 40.8. The van der Waals surface area contributed by atoms with E-state index in [2.05, 4.69) is 24.9 Å². The molecule has 2 N–H and O–H groups in total. The number of aromatic nitrogens is 4. The van der Waals surface area contributed by atoms with Crippen molar-refractivity contribution in [2.45, 2.75) is 24.6 Å². The van der Waals surface area contributed by atoms with E-state index in [-0.39, 0.29) is 34.5 Å². The molecule has 0 radical (unpaired) electrons. The van der Waals surface area contributed by atoms with Crippen molar-refractivity contribution in [2.75, 3.05) is 0 Å². The summed E-state index contributed by atoms with van der Waals surface area (Å²) in [6.45, 7) is 0. The summed E-state index contributed by atoms with van der Waals surface area (Å²) in [4.78, 5) is 27.7. The molecule has 2 aromatic heterocycles. The minimum Gasteiger partial charge on any atom is -0.406 e. The maximum Gasteiger partial charge on any atom is 0.573 e. The number of alkyl halides is 3. The third kappa shape index (κ3) is 3.93. The van der Waals surface area contributed by atoms with Gasteiger partial charge in [-0.3, -0.25) is 9.78 Å². The number of benzene rings is 1. The molecule has 152 valence electrons. The molecule has 0 saturated heterocycles. The van der Waals surface area contributed by atoms with Crippen LogP contribution in [0.2, 0.25) is 0 Å². The van der Waals surface area contributed by atoms with Crippen molar-refractivity contribution in [3.8, 4) is 23.1 Å². The number of nitriles is 1. The Hall–Kier alpha value is -3.94. The summed E-state index contributed by atoms with van der Waals surface area (Å²) in [5, 5.41) is 17.1. The molecule has 0 spiro atoms. The van der Waals surface area contributed by atoms with E-state index in [9.17, 15) is 28.0 Å². The predicted octanol–water partition coefficient (Wildman–Crippen LogP) is 2.56. The van der Waals surface area contributed by atoms with Gasteiger partial charge in [0.05, 0.1) is 5.56 Å². The number of H-pyrrole nitrogens is 2. The largest absolute Gasteiger partial charge is 0.573 e. The van der Waals surface area contributed by atoms with Crippen LogP contribution in [0.25, 0.3) is 11.3 Å².